The number of hydrazine groups is 1. The van der Waals surface area contributed by atoms with E-state index < -0.39 is 24.5 Å². The Balaban J connectivity index is 2.27. The Morgan fingerprint density at radius 3 is 2.53 bits per heavy atom. The number of amides is 1. The molecule has 0 aromatic rings. The highest BCUT2D eigenvalue weighted by Gasteiger charge is 2.50. The second-order valence-corrected chi connectivity index (χ2v) is 3.80. The first-order valence-electron chi connectivity index (χ1n) is 4.81. The maximum atomic E-state index is 11.4. The summed E-state index contributed by atoms with van der Waals surface area (Å²) in [7, 11) is 0. The molecule has 7 heteroatoms. The van der Waals surface area contributed by atoms with E-state index in [1.807, 2.05) is 0 Å². The average molecular weight is 218 g/mol. The minimum absolute atomic E-state index is 0.215. The van der Waals surface area contributed by atoms with Crippen LogP contribution >= 0.6 is 0 Å². The summed E-state index contributed by atoms with van der Waals surface area (Å²) >= 11 is 0. The van der Waals surface area contributed by atoms with Gasteiger partial charge in [-0.2, -0.15) is 0 Å². The molecule has 2 aliphatic heterocycles. The molecule has 0 radical (unpaired) electrons. The fourth-order valence-electron chi connectivity index (χ4n) is 2.13. The molecule has 2 saturated heterocycles. The number of nitrogens with zero attached hydrogens (tertiary/aromatic N) is 2. The van der Waals surface area contributed by atoms with Gasteiger partial charge in [0.1, 0.15) is 12.2 Å². The van der Waals surface area contributed by atoms with Crippen LogP contribution in [0, 0.1) is 0 Å². The van der Waals surface area contributed by atoms with Gasteiger partial charge in [0, 0.05) is 13.0 Å². The molecule has 1 amide bonds. The average Bonchev–Trinajstić information content (AvgIpc) is 2.58. The van der Waals surface area contributed by atoms with Crippen molar-refractivity contribution in [3.63, 3.8) is 0 Å². The van der Waals surface area contributed by atoms with Crippen LogP contribution in [0.1, 0.15) is 6.42 Å². The third-order valence-corrected chi connectivity index (χ3v) is 2.96. The third kappa shape index (κ3) is 1.44. The summed E-state index contributed by atoms with van der Waals surface area (Å²) < 4.78 is 0. The molecular formula is C8H14N2O5. The maximum absolute atomic E-state index is 11.4. The molecule has 0 spiro atoms. The number of hydrogen-bond donors (Lipinski definition) is 4. The van der Waals surface area contributed by atoms with Gasteiger partial charge in [0.05, 0.1) is 12.6 Å². The summed E-state index contributed by atoms with van der Waals surface area (Å²) in [4.78, 5) is 11.4. The number of aliphatic hydroxyl groups excluding tert-OH is 4. The molecule has 4 atom stereocenters. The minimum atomic E-state index is -1.44. The fourth-order valence-corrected chi connectivity index (χ4v) is 2.13. The zero-order valence-electron chi connectivity index (χ0n) is 8.02. The summed E-state index contributed by atoms with van der Waals surface area (Å²) in [5, 5.41) is 40.1. The van der Waals surface area contributed by atoms with E-state index in [1.54, 1.807) is 0 Å². The van der Waals surface area contributed by atoms with Gasteiger partial charge < -0.3 is 20.4 Å². The van der Waals surface area contributed by atoms with Crippen molar-refractivity contribution in [1.82, 2.24) is 10.0 Å². The largest absolute Gasteiger partial charge is 0.395 e. The summed E-state index contributed by atoms with van der Waals surface area (Å²) in [6, 6.07) is -0.741. The number of carbonyl (C=O) groups is 1. The van der Waals surface area contributed by atoms with Gasteiger partial charge in [0.2, 0.25) is 5.91 Å². The molecule has 2 fully saturated rings. The van der Waals surface area contributed by atoms with Crippen molar-refractivity contribution in [2.24, 2.45) is 0 Å². The highest BCUT2D eigenvalue weighted by atomic mass is 16.4. The number of hydrogen-bond acceptors (Lipinski definition) is 6. The first kappa shape index (κ1) is 10.8. The fraction of sp³-hybridized carbons (Fsp3) is 0.875. The van der Waals surface area contributed by atoms with Crippen molar-refractivity contribution >= 4 is 5.91 Å². The van der Waals surface area contributed by atoms with Crippen molar-refractivity contribution < 1.29 is 25.2 Å². The number of rotatable bonds is 1. The molecule has 0 saturated carbocycles. The van der Waals surface area contributed by atoms with Crippen molar-refractivity contribution in [2.75, 3.05) is 13.2 Å². The zero-order valence-corrected chi connectivity index (χ0v) is 8.02. The Hall–Kier alpha value is -0.730. The Morgan fingerprint density at radius 1 is 1.27 bits per heavy atom. The predicted octanol–water partition coefficient (Wildman–Crippen LogP) is -3.15. The predicted molar refractivity (Wildman–Crippen MR) is 47.1 cm³/mol. The molecule has 2 rings (SSSR count). The Kier molecular flexibility index (Phi) is 2.65. The van der Waals surface area contributed by atoms with E-state index in [0.29, 0.717) is 6.54 Å². The minimum Gasteiger partial charge on any atom is -0.395 e. The second-order valence-electron chi connectivity index (χ2n) is 3.80. The Morgan fingerprint density at radius 2 is 1.93 bits per heavy atom. The van der Waals surface area contributed by atoms with E-state index in [-0.39, 0.29) is 18.9 Å². The van der Waals surface area contributed by atoms with Crippen LogP contribution in [-0.4, -0.2) is 74.0 Å². The maximum Gasteiger partial charge on any atom is 0.240 e. The second kappa shape index (κ2) is 3.69. The van der Waals surface area contributed by atoms with E-state index >= 15 is 0 Å². The number of aliphatic hydroxyl groups is 4. The molecule has 2 heterocycles. The summed E-state index contributed by atoms with van der Waals surface area (Å²) in [6.45, 7) is -0.0420. The van der Waals surface area contributed by atoms with E-state index in [1.165, 1.54) is 5.01 Å². The van der Waals surface area contributed by atoms with Gasteiger partial charge >= 0.3 is 0 Å². The van der Waals surface area contributed by atoms with Crippen molar-refractivity contribution in [2.45, 2.75) is 30.9 Å². The van der Waals surface area contributed by atoms with Gasteiger partial charge in [0.25, 0.3) is 0 Å². The van der Waals surface area contributed by atoms with Gasteiger partial charge in [0.15, 0.2) is 6.23 Å². The van der Waals surface area contributed by atoms with Crippen molar-refractivity contribution in [1.29, 1.82) is 0 Å². The van der Waals surface area contributed by atoms with Gasteiger partial charge in [-0.15, -0.1) is 0 Å². The van der Waals surface area contributed by atoms with Gasteiger partial charge in [-0.3, -0.25) is 4.79 Å². The SMILES string of the molecule is O=C1CCN2C(CO)[C@@H](O)C(O)C(O)N12. The first-order chi connectivity index (χ1) is 7.07. The smallest absolute Gasteiger partial charge is 0.240 e. The number of carbonyl (C=O) groups excluding carboxylic acids is 1. The lowest BCUT2D eigenvalue weighted by molar-refractivity contribution is -0.250. The molecule has 7 nitrogen and oxygen atoms in total. The molecule has 15 heavy (non-hydrogen) atoms. The molecule has 0 aromatic carbocycles. The molecule has 3 unspecified atom stereocenters. The normalized spacial score (nSPS) is 42.1. The van der Waals surface area contributed by atoms with E-state index in [9.17, 15) is 20.1 Å². The molecule has 4 N–H and O–H groups in total. The highest BCUT2D eigenvalue weighted by molar-refractivity contribution is 5.78. The summed E-state index contributed by atoms with van der Waals surface area (Å²) in [5.41, 5.74) is 0. The molecular weight excluding hydrogens is 204 g/mol. The quantitative estimate of drug-likeness (QED) is 0.370. The Bertz CT molecular complexity index is 274. The van der Waals surface area contributed by atoms with Crippen molar-refractivity contribution in [3.05, 3.63) is 0 Å². The van der Waals surface area contributed by atoms with Crippen LogP contribution in [0.25, 0.3) is 0 Å². The van der Waals surface area contributed by atoms with Gasteiger partial charge in [-0.1, -0.05) is 0 Å². The standard InChI is InChI=1S/C8H14N2O5/c11-3-4-6(13)7(14)8(15)10-5(12)1-2-9(4)10/h4,6-8,11,13-15H,1-3H2/t4?,6-,7?,8?/m1/s1. The number of fused-ring (bicyclic) bond motifs is 1. The molecule has 0 aromatic heterocycles. The summed E-state index contributed by atoms with van der Waals surface area (Å²) in [6.07, 6.45) is -3.92. The van der Waals surface area contributed by atoms with Crippen LogP contribution in [0.15, 0.2) is 0 Å². The van der Waals surface area contributed by atoms with Crippen LogP contribution < -0.4 is 0 Å². The molecule has 2 aliphatic rings. The molecule has 0 bridgehead atoms. The zero-order chi connectivity index (χ0) is 11.2. The highest BCUT2D eigenvalue weighted by Crippen LogP contribution is 2.28. The lowest BCUT2D eigenvalue weighted by Gasteiger charge is -2.46. The molecule has 0 aliphatic carbocycles. The van der Waals surface area contributed by atoms with Crippen LogP contribution in [0.3, 0.4) is 0 Å². The Labute approximate surface area is 86.1 Å². The third-order valence-electron chi connectivity index (χ3n) is 2.96. The van der Waals surface area contributed by atoms with Crippen LogP contribution in [-0.2, 0) is 4.79 Å². The van der Waals surface area contributed by atoms with Crippen molar-refractivity contribution in [3.8, 4) is 0 Å². The van der Waals surface area contributed by atoms with Crippen LogP contribution in [0.5, 0.6) is 0 Å². The lowest BCUT2D eigenvalue weighted by Crippen LogP contribution is -2.68. The van der Waals surface area contributed by atoms with E-state index in [2.05, 4.69) is 0 Å². The molecule has 86 valence electrons. The lowest BCUT2D eigenvalue weighted by atomic mass is 10.0. The first-order valence-corrected chi connectivity index (χ1v) is 4.81. The van der Waals surface area contributed by atoms with Crippen LogP contribution in [0.4, 0.5) is 0 Å². The van der Waals surface area contributed by atoms with Gasteiger partial charge in [-0.05, 0) is 0 Å². The summed E-state index contributed by atoms with van der Waals surface area (Å²) in [5.74, 6) is -0.313. The van der Waals surface area contributed by atoms with Crippen LogP contribution in [0.2, 0.25) is 0 Å². The van der Waals surface area contributed by atoms with E-state index in [0.717, 1.165) is 5.01 Å². The van der Waals surface area contributed by atoms with Gasteiger partial charge in [-0.25, -0.2) is 10.0 Å². The topological polar surface area (TPSA) is 104 Å². The van der Waals surface area contributed by atoms with E-state index in [4.69, 9.17) is 5.11 Å². The monoisotopic (exact) mass is 218 g/mol.